The monoisotopic (exact) mass is 502 g/mol. The first kappa shape index (κ1) is 23.8. The summed E-state index contributed by atoms with van der Waals surface area (Å²) in [7, 11) is -3.66. The summed E-state index contributed by atoms with van der Waals surface area (Å²) >= 11 is 5.95. The Labute approximate surface area is 212 Å². The molecule has 0 aliphatic carbocycles. The molecule has 5 rings (SSSR count). The topological polar surface area (TPSA) is 49.4 Å². The van der Waals surface area contributed by atoms with Crippen molar-refractivity contribution in [1.82, 2.24) is 9.62 Å². The average molecular weight is 503 g/mol. The van der Waals surface area contributed by atoms with Gasteiger partial charge in [-0.1, -0.05) is 103 Å². The number of sulfonamides is 1. The van der Waals surface area contributed by atoms with Gasteiger partial charge in [-0.25, -0.2) is 13.1 Å². The molecule has 178 valence electrons. The maximum absolute atomic E-state index is 13.1. The molecule has 35 heavy (non-hydrogen) atoms. The van der Waals surface area contributed by atoms with Crippen LogP contribution in [0.5, 0.6) is 0 Å². The number of hydrogen-bond acceptors (Lipinski definition) is 3. The Morgan fingerprint density at radius 2 is 1.17 bits per heavy atom. The zero-order chi connectivity index (χ0) is 24.3. The third-order valence-electron chi connectivity index (χ3n) is 6.68. The highest BCUT2D eigenvalue weighted by molar-refractivity contribution is 7.89. The minimum atomic E-state index is -3.66. The van der Waals surface area contributed by atoms with Gasteiger partial charge in [0, 0.05) is 24.2 Å². The van der Waals surface area contributed by atoms with Gasteiger partial charge in [0.1, 0.15) is 0 Å². The summed E-state index contributed by atoms with van der Waals surface area (Å²) in [5.74, 6) is 0. The van der Waals surface area contributed by atoms with Gasteiger partial charge in [0.05, 0.1) is 10.4 Å². The molecule has 1 heterocycles. The van der Waals surface area contributed by atoms with E-state index in [1.807, 2.05) is 18.2 Å². The van der Waals surface area contributed by atoms with Crippen molar-refractivity contribution in [2.24, 2.45) is 0 Å². The predicted octanol–water partition coefficient (Wildman–Crippen LogP) is 5.68. The number of benzene rings is 4. The smallest absolute Gasteiger partial charge is 0.240 e. The summed E-state index contributed by atoms with van der Waals surface area (Å²) in [6.45, 7) is 1.32. The van der Waals surface area contributed by atoms with E-state index in [9.17, 15) is 8.42 Å². The van der Waals surface area contributed by atoms with Gasteiger partial charge in [-0.2, -0.15) is 0 Å². The van der Waals surface area contributed by atoms with Gasteiger partial charge >= 0.3 is 0 Å². The zero-order valence-corrected chi connectivity index (χ0v) is 20.8. The standard InChI is InChI=1S/C29H27ClN2O2S/c30-26-16-18-28(19-17-26)35(33,34)31-27-20-21-32(22-27)29(23-10-4-1-5-11-23,24-12-6-2-7-13-24)25-14-8-3-9-15-25/h1-19,27,31H,20-22H2. The van der Waals surface area contributed by atoms with Crippen LogP contribution < -0.4 is 4.72 Å². The van der Waals surface area contributed by atoms with Gasteiger partial charge in [-0.3, -0.25) is 4.90 Å². The third-order valence-corrected chi connectivity index (χ3v) is 8.47. The second-order valence-electron chi connectivity index (χ2n) is 8.82. The maximum Gasteiger partial charge on any atom is 0.240 e. The highest BCUT2D eigenvalue weighted by Gasteiger charge is 2.45. The van der Waals surface area contributed by atoms with Crippen molar-refractivity contribution in [3.63, 3.8) is 0 Å². The van der Waals surface area contributed by atoms with Crippen molar-refractivity contribution in [1.29, 1.82) is 0 Å². The first-order chi connectivity index (χ1) is 17.0. The van der Waals surface area contributed by atoms with Crippen LogP contribution in [0.25, 0.3) is 0 Å². The van der Waals surface area contributed by atoms with Crippen LogP contribution in [0.4, 0.5) is 0 Å². The molecule has 0 bridgehead atoms. The maximum atomic E-state index is 13.1. The van der Waals surface area contributed by atoms with Crippen LogP contribution in [-0.4, -0.2) is 32.4 Å². The first-order valence-corrected chi connectivity index (χ1v) is 13.6. The fourth-order valence-electron chi connectivity index (χ4n) is 5.15. The number of hydrogen-bond donors (Lipinski definition) is 1. The number of nitrogens with one attached hydrogen (secondary N) is 1. The summed E-state index contributed by atoms with van der Waals surface area (Å²) in [5.41, 5.74) is 2.90. The normalized spacial score (nSPS) is 16.9. The Morgan fingerprint density at radius 1 is 0.714 bits per heavy atom. The van der Waals surface area contributed by atoms with Crippen LogP contribution in [0.2, 0.25) is 5.02 Å². The second kappa shape index (κ2) is 9.96. The highest BCUT2D eigenvalue weighted by Crippen LogP contribution is 2.44. The van der Waals surface area contributed by atoms with E-state index in [1.165, 1.54) is 0 Å². The van der Waals surface area contributed by atoms with Crippen LogP contribution in [0.3, 0.4) is 0 Å². The van der Waals surface area contributed by atoms with Crippen molar-refractivity contribution in [3.05, 3.63) is 137 Å². The van der Waals surface area contributed by atoms with Crippen molar-refractivity contribution in [2.75, 3.05) is 13.1 Å². The second-order valence-corrected chi connectivity index (χ2v) is 11.0. The first-order valence-electron chi connectivity index (χ1n) is 11.7. The molecule has 4 aromatic carbocycles. The molecule has 0 radical (unpaired) electrons. The van der Waals surface area contributed by atoms with Gasteiger partial charge in [0.2, 0.25) is 10.0 Å². The van der Waals surface area contributed by atoms with Gasteiger partial charge in [-0.15, -0.1) is 0 Å². The van der Waals surface area contributed by atoms with Crippen molar-refractivity contribution >= 4 is 21.6 Å². The van der Waals surface area contributed by atoms with E-state index in [-0.39, 0.29) is 10.9 Å². The quantitative estimate of drug-likeness (QED) is 0.330. The van der Waals surface area contributed by atoms with Gasteiger partial charge in [-0.05, 0) is 47.4 Å². The lowest BCUT2D eigenvalue weighted by molar-refractivity contribution is 0.195. The Morgan fingerprint density at radius 3 is 1.63 bits per heavy atom. The summed E-state index contributed by atoms with van der Waals surface area (Å²) in [4.78, 5) is 2.63. The van der Waals surface area contributed by atoms with E-state index < -0.39 is 15.6 Å². The minimum absolute atomic E-state index is 0.216. The molecule has 1 fully saturated rings. The van der Waals surface area contributed by atoms with E-state index in [4.69, 9.17) is 11.6 Å². The van der Waals surface area contributed by atoms with Crippen LogP contribution >= 0.6 is 11.6 Å². The van der Waals surface area contributed by atoms with Gasteiger partial charge in [0.25, 0.3) is 0 Å². The van der Waals surface area contributed by atoms with E-state index >= 15 is 0 Å². The highest BCUT2D eigenvalue weighted by atomic mass is 35.5. The molecule has 1 unspecified atom stereocenters. The molecule has 1 aliphatic heterocycles. The number of rotatable bonds is 7. The predicted molar refractivity (Wildman–Crippen MR) is 141 cm³/mol. The Bertz CT molecular complexity index is 1270. The number of nitrogens with zero attached hydrogens (tertiary/aromatic N) is 1. The molecule has 0 spiro atoms. The average Bonchev–Trinajstić information content (AvgIpc) is 3.34. The summed E-state index contributed by atoms with van der Waals surface area (Å²) in [6, 6.07) is 37.5. The van der Waals surface area contributed by atoms with E-state index in [0.29, 0.717) is 18.0 Å². The number of halogens is 1. The zero-order valence-electron chi connectivity index (χ0n) is 19.2. The summed E-state index contributed by atoms with van der Waals surface area (Å²) in [5, 5.41) is 0.509. The Kier molecular flexibility index (Phi) is 6.76. The molecule has 1 atom stereocenters. The molecule has 6 heteroatoms. The Balaban J connectivity index is 1.55. The van der Waals surface area contributed by atoms with Crippen LogP contribution in [-0.2, 0) is 15.6 Å². The van der Waals surface area contributed by atoms with Crippen LogP contribution in [0, 0.1) is 0 Å². The molecule has 4 aromatic rings. The molecule has 0 saturated carbocycles. The molecule has 0 aromatic heterocycles. The van der Waals surface area contributed by atoms with Crippen molar-refractivity contribution in [3.8, 4) is 0 Å². The Hall–Kier alpha value is -2.96. The molecular weight excluding hydrogens is 476 g/mol. The van der Waals surface area contributed by atoms with Gasteiger partial charge in [0.15, 0.2) is 0 Å². The lowest BCUT2D eigenvalue weighted by Crippen LogP contribution is -2.48. The third kappa shape index (κ3) is 4.65. The van der Waals surface area contributed by atoms with Crippen molar-refractivity contribution in [2.45, 2.75) is 22.9 Å². The van der Waals surface area contributed by atoms with E-state index in [0.717, 1.165) is 23.2 Å². The SMILES string of the molecule is O=S(=O)(NC1CCN(C(c2ccccc2)(c2ccccc2)c2ccccc2)C1)c1ccc(Cl)cc1. The summed E-state index contributed by atoms with van der Waals surface area (Å²) < 4.78 is 29.1. The molecule has 1 saturated heterocycles. The van der Waals surface area contributed by atoms with E-state index in [1.54, 1.807) is 24.3 Å². The lowest BCUT2D eigenvalue weighted by Gasteiger charge is -2.44. The largest absolute Gasteiger partial charge is 0.284 e. The summed E-state index contributed by atoms with van der Waals surface area (Å²) in [6.07, 6.45) is 0.709. The molecule has 4 nitrogen and oxygen atoms in total. The fourth-order valence-corrected chi connectivity index (χ4v) is 6.54. The molecule has 1 N–H and O–H groups in total. The van der Waals surface area contributed by atoms with Crippen LogP contribution in [0.1, 0.15) is 23.1 Å². The van der Waals surface area contributed by atoms with Gasteiger partial charge < -0.3 is 0 Å². The molecule has 0 amide bonds. The molecule has 1 aliphatic rings. The van der Waals surface area contributed by atoms with E-state index in [2.05, 4.69) is 82.4 Å². The lowest BCUT2D eigenvalue weighted by atomic mass is 9.75. The van der Waals surface area contributed by atoms with Crippen molar-refractivity contribution < 1.29 is 8.42 Å². The number of likely N-dealkylation sites (tertiary alicyclic amines) is 1. The minimum Gasteiger partial charge on any atom is -0.284 e. The molecular formula is C29H27ClN2O2S. The van der Waals surface area contributed by atoms with Crippen LogP contribution in [0.15, 0.2) is 120 Å². The fraction of sp³-hybridized carbons (Fsp3) is 0.172.